The lowest BCUT2D eigenvalue weighted by Gasteiger charge is -2.09. The third-order valence-corrected chi connectivity index (χ3v) is 2.82. The van der Waals surface area contributed by atoms with Crippen molar-refractivity contribution in [2.45, 2.75) is 45.1 Å². The molecule has 2 N–H and O–H groups in total. The Balaban J connectivity index is 2.25. The molecule has 0 aliphatic rings. The Hall–Kier alpha value is -0.530. The van der Waals surface area contributed by atoms with Crippen molar-refractivity contribution in [3.63, 3.8) is 0 Å². The normalized spacial score (nSPS) is 12.7. The number of rotatable bonds is 6. The second kappa shape index (κ2) is 6.86. The lowest BCUT2D eigenvalue weighted by molar-refractivity contribution is 0.539. The molecular weight excluding hydrogens is 206 g/mol. The zero-order valence-electron chi connectivity index (χ0n) is 9.38. The topological polar surface area (TPSA) is 26.0 Å². The third-order valence-electron chi connectivity index (χ3n) is 2.59. The summed E-state index contributed by atoms with van der Waals surface area (Å²) in [7, 11) is 0. The van der Waals surface area contributed by atoms with Crippen molar-refractivity contribution in [1.29, 1.82) is 0 Å². The molecule has 1 aromatic carbocycles. The molecule has 0 aromatic heterocycles. The second-order valence-electron chi connectivity index (χ2n) is 4.07. The lowest BCUT2D eigenvalue weighted by atomic mass is 10.0. The van der Waals surface area contributed by atoms with Gasteiger partial charge in [0.05, 0.1) is 0 Å². The number of benzene rings is 1. The molecule has 0 spiro atoms. The molecule has 0 radical (unpaired) electrons. The molecule has 0 saturated heterocycles. The molecule has 84 valence electrons. The largest absolute Gasteiger partial charge is 0.328 e. The summed E-state index contributed by atoms with van der Waals surface area (Å²) in [5.74, 6) is 0. The fourth-order valence-electron chi connectivity index (χ4n) is 1.78. The van der Waals surface area contributed by atoms with Crippen LogP contribution in [0, 0.1) is 0 Å². The predicted octanol–water partition coefficient (Wildman–Crippen LogP) is 3.79. The Morgan fingerprint density at radius 2 is 2.13 bits per heavy atom. The van der Waals surface area contributed by atoms with E-state index in [1.807, 2.05) is 18.2 Å². The van der Waals surface area contributed by atoms with E-state index in [0.717, 1.165) is 30.7 Å². The van der Waals surface area contributed by atoms with Gasteiger partial charge in [-0.2, -0.15) is 0 Å². The first-order chi connectivity index (χ1) is 7.22. The van der Waals surface area contributed by atoms with E-state index in [-0.39, 0.29) is 0 Å². The van der Waals surface area contributed by atoms with Crippen molar-refractivity contribution in [3.05, 3.63) is 34.9 Å². The van der Waals surface area contributed by atoms with Crippen LogP contribution in [0.3, 0.4) is 0 Å². The van der Waals surface area contributed by atoms with E-state index in [2.05, 4.69) is 13.0 Å². The summed E-state index contributed by atoms with van der Waals surface area (Å²) >= 11 is 5.91. The second-order valence-corrected chi connectivity index (χ2v) is 4.51. The molecule has 0 fully saturated rings. The van der Waals surface area contributed by atoms with Crippen molar-refractivity contribution in [2.75, 3.05) is 0 Å². The SMILES string of the molecule is CCCC(N)CCCc1cccc(Cl)c1. The minimum Gasteiger partial charge on any atom is -0.328 e. The monoisotopic (exact) mass is 225 g/mol. The standard InChI is InChI=1S/C13H20ClN/c1-2-5-13(15)9-4-7-11-6-3-8-12(14)10-11/h3,6,8,10,13H,2,4-5,7,9,15H2,1H3. The molecule has 1 atom stereocenters. The molecule has 1 unspecified atom stereocenters. The van der Waals surface area contributed by atoms with Crippen molar-refractivity contribution >= 4 is 11.6 Å². The van der Waals surface area contributed by atoms with Crippen molar-refractivity contribution in [1.82, 2.24) is 0 Å². The summed E-state index contributed by atoms with van der Waals surface area (Å²) < 4.78 is 0. The molecular formula is C13H20ClN. The van der Waals surface area contributed by atoms with Crippen LogP contribution in [0.5, 0.6) is 0 Å². The molecule has 0 aliphatic heterocycles. The van der Waals surface area contributed by atoms with E-state index < -0.39 is 0 Å². The Kier molecular flexibility index (Phi) is 5.74. The van der Waals surface area contributed by atoms with E-state index in [1.54, 1.807) is 0 Å². The zero-order valence-corrected chi connectivity index (χ0v) is 10.1. The Morgan fingerprint density at radius 1 is 1.33 bits per heavy atom. The van der Waals surface area contributed by atoms with Gasteiger partial charge in [-0.15, -0.1) is 0 Å². The van der Waals surface area contributed by atoms with Gasteiger partial charge in [0.15, 0.2) is 0 Å². The molecule has 1 nitrogen and oxygen atoms in total. The smallest absolute Gasteiger partial charge is 0.0408 e. The Bertz CT molecular complexity index is 286. The van der Waals surface area contributed by atoms with Crippen molar-refractivity contribution in [3.8, 4) is 0 Å². The van der Waals surface area contributed by atoms with E-state index in [1.165, 1.54) is 12.0 Å². The Morgan fingerprint density at radius 3 is 2.80 bits per heavy atom. The molecule has 1 rings (SSSR count). The van der Waals surface area contributed by atoms with Crippen molar-refractivity contribution in [2.24, 2.45) is 5.73 Å². The maximum atomic E-state index is 5.95. The number of hydrogen-bond donors (Lipinski definition) is 1. The van der Waals surface area contributed by atoms with Crippen LogP contribution < -0.4 is 5.73 Å². The van der Waals surface area contributed by atoms with Gasteiger partial charge in [0, 0.05) is 11.1 Å². The van der Waals surface area contributed by atoms with Gasteiger partial charge >= 0.3 is 0 Å². The van der Waals surface area contributed by atoms with Gasteiger partial charge in [-0.1, -0.05) is 37.1 Å². The van der Waals surface area contributed by atoms with Gasteiger partial charge in [0.1, 0.15) is 0 Å². The minimum atomic E-state index is 0.370. The van der Waals surface area contributed by atoms with Gasteiger partial charge in [-0.05, 0) is 43.4 Å². The van der Waals surface area contributed by atoms with Crippen LogP contribution in [-0.2, 0) is 6.42 Å². The molecule has 2 heteroatoms. The van der Waals surface area contributed by atoms with Gasteiger partial charge in [-0.25, -0.2) is 0 Å². The van der Waals surface area contributed by atoms with E-state index in [9.17, 15) is 0 Å². The van der Waals surface area contributed by atoms with Gasteiger partial charge in [0.25, 0.3) is 0 Å². The summed E-state index contributed by atoms with van der Waals surface area (Å²) in [6.45, 7) is 2.18. The molecule has 0 bridgehead atoms. The van der Waals surface area contributed by atoms with Crippen LogP contribution in [0.25, 0.3) is 0 Å². The predicted molar refractivity (Wildman–Crippen MR) is 67.3 cm³/mol. The molecule has 0 aliphatic carbocycles. The first-order valence-electron chi connectivity index (χ1n) is 5.72. The maximum absolute atomic E-state index is 5.95. The van der Waals surface area contributed by atoms with Crippen LogP contribution in [0.1, 0.15) is 38.2 Å². The summed E-state index contributed by atoms with van der Waals surface area (Å²) in [6.07, 6.45) is 5.66. The minimum absolute atomic E-state index is 0.370. The number of hydrogen-bond acceptors (Lipinski definition) is 1. The highest BCUT2D eigenvalue weighted by molar-refractivity contribution is 6.30. The van der Waals surface area contributed by atoms with Gasteiger partial charge < -0.3 is 5.73 Å². The first kappa shape index (κ1) is 12.5. The molecule has 1 aromatic rings. The number of aryl methyl sites for hydroxylation is 1. The van der Waals surface area contributed by atoms with Crippen LogP contribution in [0.4, 0.5) is 0 Å². The highest BCUT2D eigenvalue weighted by Crippen LogP contribution is 2.13. The quantitative estimate of drug-likeness (QED) is 0.783. The number of halogens is 1. The Labute approximate surface area is 97.6 Å². The fourth-order valence-corrected chi connectivity index (χ4v) is 1.99. The molecule has 0 heterocycles. The molecule has 15 heavy (non-hydrogen) atoms. The van der Waals surface area contributed by atoms with E-state index >= 15 is 0 Å². The fraction of sp³-hybridized carbons (Fsp3) is 0.538. The van der Waals surface area contributed by atoms with E-state index in [0.29, 0.717) is 6.04 Å². The summed E-state index contributed by atoms with van der Waals surface area (Å²) in [6, 6.07) is 8.44. The molecule has 0 saturated carbocycles. The van der Waals surface area contributed by atoms with E-state index in [4.69, 9.17) is 17.3 Å². The van der Waals surface area contributed by atoms with Crippen LogP contribution >= 0.6 is 11.6 Å². The van der Waals surface area contributed by atoms with Crippen LogP contribution in [0.15, 0.2) is 24.3 Å². The highest BCUT2D eigenvalue weighted by Gasteiger charge is 2.01. The molecule has 0 amide bonds. The zero-order chi connectivity index (χ0) is 11.1. The average Bonchev–Trinajstić information content (AvgIpc) is 2.18. The average molecular weight is 226 g/mol. The third kappa shape index (κ3) is 5.19. The lowest BCUT2D eigenvalue weighted by Crippen LogP contribution is -2.19. The first-order valence-corrected chi connectivity index (χ1v) is 6.10. The maximum Gasteiger partial charge on any atom is 0.0408 e. The number of nitrogens with two attached hydrogens (primary N) is 1. The summed E-state index contributed by atoms with van der Waals surface area (Å²) in [5, 5.41) is 0.824. The van der Waals surface area contributed by atoms with Crippen LogP contribution in [-0.4, -0.2) is 6.04 Å². The van der Waals surface area contributed by atoms with Crippen molar-refractivity contribution < 1.29 is 0 Å². The summed E-state index contributed by atoms with van der Waals surface area (Å²) in [5.41, 5.74) is 7.26. The van der Waals surface area contributed by atoms with Gasteiger partial charge in [-0.3, -0.25) is 0 Å². The summed E-state index contributed by atoms with van der Waals surface area (Å²) in [4.78, 5) is 0. The van der Waals surface area contributed by atoms with Gasteiger partial charge in [0.2, 0.25) is 0 Å². The van der Waals surface area contributed by atoms with Crippen LogP contribution in [0.2, 0.25) is 5.02 Å². The highest BCUT2D eigenvalue weighted by atomic mass is 35.5.